The zero-order chi connectivity index (χ0) is 11.4. The van der Waals surface area contributed by atoms with Gasteiger partial charge in [-0.2, -0.15) is 0 Å². The Morgan fingerprint density at radius 3 is 2.00 bits per heavy atom. The molecule has 0 bridgehead atoms. The van der Waals surface area contributed by atoms with Crippen molar-refractivity contribution in [3.05, 3.63) is 0 Å². The molecule has 0 aliphatic heterocycles. The van der Waals surface area contributed by atoms with Gasteiger partial charge in [-0.15, -0.1) is 0 Å². The molecule has 0 aromatic heterocycles. The summed E-state index contributed by atoms with van der Waals surface area (Å²) in [5.41, 5.74) is -0.836. The van der Waals surface area contributed by atoms with Crippen LogP contribution >= 0.6 is 0 Å². The van der Waals surface area contributed by atoms with Gasteiger partial charge in [0.15, 0.2) is 0 Å². The average molecular weight is 202 g/mol. The standard InChI is InChI=1S/C10H22N2O2/c1-6-12(7-2)9(13)11(5)8-10(3,4)14/h14H,6-8H2,1-5H3. The molecule has 0 heterocycles. The van der Waals surface area contributed by atoms with Crippen LogP contribution in [0.25, 0.3) is 0 Å². The van der Waals surface area contributed by atoms with E-state index in [-0.39, 0.29) is 6.03 Å². The number of hydrogen-bond acceptors (Lipinski definition) is 2. The highest BCUT2D eigenvalue weighted by atomic mass is 16.3. The van der Waals surface area contributed by atoms with Gasteiger partial charge in [-0.25, -0.2) is 4.79 Å². The highest BCUT2D eigenvalue weighted by Crippen LogP contribution is 2.05. The van der Waals surface area contributed by atoms with E-state index in [1.54, 1.807) is 30.7 Å². The Hall–Kier alpha value is -0.770. The van der Waals surface area contributed by atoms with Gasteiger partial charge in [0.25, 0.3) is 0 Å². The Balaban J connectivity index is 4.24. The summed E-state index contributed by atoms with van der Waals surface area (Å²) >= 11 is 0. The largest absolute Gasteiger partial charge is 0.389 e. The first kappa shape index (κ1) is 13.2. The van der Waals surface area contributed by atoms with E-state index in [0.717, 1.165) is 0 Å². The van der Waals surface area contributed by atoms with Crippen LogP contribution in [0.5, 0.6) is 0 Å². The van der Waals surface area contributed by atoms with Gasteiger partial charge in [0.05, 0.1) is 12.1 Å². The zero-order valence-corrected chi connectivity index (χ0v) is 9.87. The Bertz CT molecular complexity index is 183. The van der Waals surface area contributed by atoms with Crippen molar-refractivity contribution in [2.45, 2.75) is 33.3 Å². The maximum Gasteiger partial charge on any atom is 0.319 e. The molecular formula is C10H22N2O2. The third kappa shape index (κ3) is 4.46. The molecule has 0 saturated heterocycles. The van der Waals surface area contributed by atoms with Crippen LogP contribution in [-0.2, 0) is 0 Å². The van der Waals surface area contributed by atoms with E-state index in [9.17, 15) is 9.90 Å². The molecule has 1 N–H and O–H groups in total. The predicted molar refractivity (Wildman–Crippen MR) is 57.2 cm³/mol. The number of nitrogens with zero attached hydrogens (tertiary/aromatic N) is 2. The van der Waals surface area contributed by atoms with E-state index in [0.29, 0.717) is 19.6 Å². The molecule has 14 heavy (non-hydrogen) atoms. The van der Waals surface area contributed by atoms with Crippen molar-refractivity contribution in [2.24, 2.45) is 0 Å². The second-order valence-corrected chi connectivity index (χ2v) is 4.12. The Morgan fingerprint density at radius 1 is 1.29 bits per heavy atom. The first-order chi connectivity index (χ1) is 6.31. The molecular weight excluding hydrogens is 180 g/mol. The number of likely N-dealkylation sites (N-methyl/N-ethyl adjacent to an activating group) is 1. The fourth-order valence-electron chi connectivity index (χ4n) is 1.38. The van der Waals surface area contributed by atoms with Gasteiger partial charge in [0.1, 0.15) is 0 Å². The van der Waals surface area contributed by atoms with Crippen LogP contribution in [-0.4, -0.2) is 53.2 Å². The number of amides is 2. The molecule has 0 unspecified atom stereocenters. The van der Waals surface area contributed by atoms with E-state index in [4.69, 9.17) is 0 Å². The fourth-order valence-corrected chi connectivity index (χ4v) is 1.38. The van der Waals surface area contributed by atoms with Crippen LogP contribution in [0, 0.1) is 0 Å². The maximum atomic E-state index is 11.7. The minimum absolute atomic E-state index is 0.0304. The van der Waals surface area contributed by atoms with Crippen molar-refractivity contribution in [3.63, 3.8) is 0 Å². The van der Waals surface area contributed by atoms with E-state index >= 15 is 0 Å². The molecule has 0 spiro atoms. The van der Waals surface area contributed by atoms with Crippen LogP contribution < -0.4 is 0 Å². The molecule has 4 nitrogen and oxygen atoms in total. The Morgan fingerprint density at radius 2 is 1.71 bits per heavy atom. The van der Waals surface area contributed by atoms with Crippen LogP contribution in [0.15, 0.2) is 0 Å². The van der Waals surface area contributed by atoms with Gasteiger partial charge in [0, 0.05) is 20.1 Å². The van der Waals surface area contributed by atoms with Gasteiger partial charge in [0.2, 0.25) is 0 Å². The first-order valence-electron chi connectivity index (χ1n) is 5.04. The minimum atomic E-state index is -0.836. The molecule has 0 atom stereocenters. The molecule has 0 radical (unpaired) electrons. The second-order valence-electron chi connectivity index (χ2n) is 4.12. The predicted octanol–water partition coefficient (Wildman–Crippen LogP) is 1.15. The van der Waals surface area contributed by atoms with Crippen molar-refractivity contribution >= 4 is 6.03 Å². The number of urea groups is 1. The van der Waals surface area contributed by atoms with Gasteiger partial charge in [-0.3, -0.25) is 0 Å². The number of hydrogen-bond donors (Lipinski definition) is 1. The van der Waals surface area contributed by atoms with Gasteiger partial charge < -0.3 is 14.9 Å². The topological polar surface area (TPSA) is 43.8 Å². The summed E-state index contributed by atoms with van der Waals surface area (Å²) in [6.45, 7) is 9.02. The average Bonchev–Trinajstić information content (AvgIpc) is 2.03. The van der Waals surface area contributed by atoms with Gasteiger partial charge >= 0.3 is 6.03 Å². The van der Waals surface area contributed by atoms with Crippen molar-refractivity contribution in [3.8, 4) is 0 Å². The smallest absolute Gasteiger partial charge is 0.319 e. The maximum absolute atomic E-state index is 11.7. The summed E-state index contributed by atoms with van der Waals surface area (Å²) < 4.78 is 0. The molecule has 0 saturated carbocycles. The lowest BCUT2D eigenvalue weighted by Gasteiger charge is -2.30. The van der Waals surface area contributed by atoms with E-state index < -0.39 is 5.60 Å². The summed E-state index contributed by atoms with van der Waals surface area (Å²) in [5.74, 6) is 0. The van der Waals surface area contributed by atoms with Crippen LogP contribution in [0.2, 0.25) is 0 Å². The highest BCUT2D eigenvalue weighted by Gasteiger charge is 2.21. The van der Waals surface area contributed by atoms with Gasteiger partial charge in [-0.1, -0.05) is 0 Å². The van der Waals surface area contributed by atoms with Crippen LogP contribution in [0.4, 0.5) is 4.79 Å². The molecule has 4 heteroatoms. The monoisotopic (exact) mass is 202 g/mol. The quantitative estimate of drug-likeness (QED) is 0.743. The number of carbonyl (C=O) groups is 1. The molecule has 84 valence electrons. The first-order valence-corrected chi connectivity index (χ1v) is 5.04. The van der Waals surface area contributed by atoms with Crippen molar-refractivity contribution in [1.82, 2.24) is 9.80 Å². The second kappa shape index (κ2) is 5.20. The van der Waals surface area contributed by atoms with Crippen molar-refractivity contribution < 1.29 is 9.90 Å². The summed E-state index contributed by atoms with van der Waals surface area (Å²) in [6.07, 6.45) is 0. The molecule has 0 aromatic carbocycles. The fraction of sp³-hybridized carbons (Fsp3) is 0.900. The third-order valence-electron chi connectivity index (χ3n) is 1.98. The number of carbonyl (C=O) groups excluding carboxylic acids is 1. The van der Waals surface area contributed by atoms with E-state index in [1.165, 1.54) is 0 Å². The lowest BCUT2D eigenvalue weighted by Crippen LogP contribution is -2.46. The molecule has 0 aliphatic carbocycles. The van der Waals surface area contributed by atoms with Gasteiger partial charge in [-0.05, 0) is 27.7 Å². The van der Waals surface area contributed by atoms with Crippen molar-refractivity contribution in [1.29, 1.82) is 0 Å². The molecule has 0 rings (SSSR count). The normalized spacial score (nSPS) is 11.3. The zero-order valence-electron chi connectivity index (χ0n) is 9.87. The van der Waals surface area contributed by atoms with Crippen molar-refractivity contribution in [2.75, 3.05) is 26.7 Å². The summed E-state index contributed by atoms with van der Waals surface area (Å²) in [4.78, 5) is 15.0. The Kier molecular flexibility index (Phi) is 4.91. The summed E-state index contributed by atoms with van der Waals surface area (Å²) in [5, 5.41) is 9.55. The molecule has 0 aliphatic rings. The van der Waals surface area contributed by atoms with Crippen LogP contribution in [0.1, 0.15) is 27.7 Å². The summed E-state index contributed by atoms with van der Waals surface area (Å²) in [6, 6.07) is -0.0304. The minimum Gasteiger partial charge on any atom is -0.389 e. The van der Waals surface area contributed by atoms with E-state index in [1.807, 2.05) is 13.8 Å². The SMILES string of the molecule is CCN(CC)C(=O)N(C)CC(C)(C)O. The number of aliphatic hydroxyl groups is 1. The summed E-state index contributed by atoms with van der Waals surface area (Å²) in [7, 11) is 1.71. The lowest BCUT2D eigenvalue weighted by molar-refractivity contribution is 0.0477. The molecule has 2 amide bonds. The Labute approximate surface area is 86.5 Å². The molecule has 0 aromatic rings. The number of rotatable bonds is 4. The highest BCUT2D eigenvalue weighted by molar-refractivity contribution is 5.74. The van der Waals surface area contributed by atoms with E-state index in [2.05, 4.69) is 0 Å². The third-order valence-corrected chi connectivity index (χ3v) is 1.98. The lowest BCUT2D eigenvalue weighted by atomic mass is 10.1. The molecule has 0 fully saturated rings. The van der Waals surface area contributed by atoms with Crippen LogP contribution in [0.3, 0.4) is 0 Å².